The molecule has 0 radical (unpaired) electrons. The quantitative estimate of drug-likeness (QED) is 0.376. The van der Waals surface area contributed by atoms with Crippen LogP contribution < -0.4 is 68.9 Å². The van der Waals surface area contributed by atoms with Crippen molar-refractivity contribution in [2.24, 2.45) is 0 Å². The van der Waals surface area contributed by atoms with E-state index in [0.717, 1.165) is 11.8 Å². The molecule has 0 aliphatic rings. The summed E-state index contributed by atoms with van der Waals surface area (Å²) in [6, 6.07) is 0. The van der Waals surface area contributed by atoms with E-state index in [-0.39, 0.29) is 65.7 Å². The summed E-state index contributed by atoms with van der Waals surface area (Å²) in [6.07, 6.45) is 0. The first-order chi connectivity index (χ1) is 5.39. The monoisotopic (exact) mass is 260 g/mol. The molecule has 0 saturated carbocycles. The SMILES string of the molecule is CC(SCCO)C(O)P(=O)([O-])[O-].[Na+].[Na+]. The Morgan fingerprint density at radius 2 is 1.86 bits per heavy atom. The van der Waals surface area contributed by atoms with Crippen LogP contribution in [-0.4, -0.2) is 33.7 Å². The second-order valence-corrected chi connectivity index (χ2v) is 5.35. The van der Waals surface area contributed by atoms with Gasteiger partial charge in [-0.1, -0.05) is 6.92 Å². The van der Waals surface area contributed by atoms with E-state index in [9.17, 15) is 14.4 Å². The predicted octanol–water partition coefficient (Wildman–Crippen LogP) is -7.66. The summed E-state index contributed by atoms with van der Waals surface area (Å²) in [4.78, 5) is 20.6. The van der Waals surface area contributed by atoms with Crippen LogP contribution in [0.4, 0.5) is 0 Å². The van der Waals surface area contributed by atoms with Gasteiger partial charge in [0.05, 0.1) is 12.5 Å². The van der Waals surface area contributed by atoms with Gasteiger partial charge in [-0.05, 0) is 7.60 Å². The van der Waals surface area contributed by atoms with Crippen LogP contribution in [0.3, 0.4) is 0 Å². The normalized spacial score (nSPS) is 14.9. The third-order valence-electron chi connectivity index (χ3n) is 1.22. The summed E-state index contributed by atoms with van der Waals surface area (Å²) in [5.41, 5.74) is 0. The first kappa shape index (κ1) is 21.7. The zero-order chi connectivity index (χ0) is 9.78. The predicted molar refractivity (Wildman–Crippen MR) is 42.6 cm³/mol. The molecule has 2 atom stereocenters. The third-order valence-corrected chi connectivity index (χ3v) is 3.71. The number of thioether (sulfide) groups is 1. The summed E-state index contributed by atoms with van der Waals surface area (Å²) >= 11 is 1.04. The van der Waals surface area contributed by atoms with Gasteiger partial charge < -0.3 is 24.6 Å². The van der Waals surface area contributed by atoms with Crippen LogP contribution in [0.2, 0.25) is 0 Å². The average Bonchev–Trinajstić information content (AvgIpc) is 1.97. The summed E-state index contributed by atoms with van der Waals surface area (Å²) < 4.78 is 10.3. The fourth-order valence-electron chi connectivity index (χ4n) is 0.582. The Kier molecular flexibility index (Phi) is 16.4. The van der Waals surface area contributed by atoms with Crippen molar-refractivity contribution in [2.45, 2.75) is 18.0 Å². The van der Waals surface area contributed by atoms with E-state index in [2.05, 4.69) is 0 Å². The second kappa shape index (κ2) is 10.6. The van der Waals surface area contributed by atoms with Gasteiger partial charge >= 0.3 is 59.1 Å². The first-order valence-electron chi connectivity index (χ1n) is 3.32. The summed E-state index contributed by atoms with van der Waals surface area (Å²) in [6.45, 7) is 1.32. The molecule has 0 aromatic rings. The molecule has 2 N–H and O–H groups in total. The number of rotatable bonds is 5. The van der Waals surface area contributed by atoms with Crippen LogP contribution in [0.15, 0.2) is 0 Å². The zero-order valence-corrected chi connectivity index (χ0v) is 14.3. The van der Waals surface area contributed by atoms with Crippen LogP contribution in [-0.2, 0) is 4.57 Å². The molecule has 0 amide bonds. The van der Waals surface area contributed by atoms with Gasteiger partial charge in [-0.15, -0.1) is 0 Å². The van der Waals surface area contributed by atoms with Crippen molar-refractivity contribution in [3.8, 4) is 0 Å². The van der Waals surface area contributed by atoms with Crippen molar-refractivity contribution >= 4 is 19.4 Å². The minimum Gasteiger partial charge on any atom is -0.809 e. The zero-order valence-electron chi connectivity index (χ0n) is 8.54. The van der Waals surface area contributed by atoms with Crippen LogP contribution in [0.5, 0.6) is 0 Å². The molecule has 0 spiro atoms. The van der Waals surface area contributed by atoms with E-state index in [4.69, 9.17) is 10.2 Å². The standard InChI is InChI=1S/C5H13O5PS.2Na/c1-4(12-3-2-6)5(7)11(8,9)10;;/h4-7H,2-3H2,1H3,(H2,8,9,10);;/q;2*+1/p-2. The largest absolute Gasteiger partial charge is 1.00 e. The van der Waals surface area contributed by atoms with Crippen molar-refractivity contribution in [3.05, 3.63) is 0 Å². The van der Waals surface area contributed by atoms with Gasteiger partial charge in [0.25, 0.3) is 0 Å². The second-order valence-electron chi connectivity index (χ2n) is 2.25. The molecule has 0 aliphatic carbocycles. The molecule has 0 bridgehead atoms. The molecule has 0 rings (SSSR count). The Morgan fingerprint density at radius 3 is 2.14 bits per heavy atom. The Hall–Kier alpha value is 2.42. The van der Waals surface area contributed by atoms with Gasteiger partial charge in [0.1, 0.15) is 0 Å². The summed E-state index contributed by atoms with van der Waals surface area (Å²) in [5.74, 6) is -1.56. The maximum atomic E-state index is 10.3. The van der Waals surface area contributed by atoms with Crippen molar-refractivity contribution in [1.29, 1.82) is 0 Å². The van der Waals surface area contributed by atoms with Gasteiger partial charge in [-0.3, -0.25) is 0 Å². The van der Waals surface area contributed by atoms with E-state index in [1.54, 1.807) is 0 Å². The smallest absolute Gasteiger partial charge is 0.809 e. The molecule has 5 nitrogen and oxygen atoms in total. The van der Waals surface area contributed by atoms with Crippen molar-refractivity contribution in [3.63, 3.8) is 0 Å². The number of hydrogen-bond donors (Lipinski definition) is 2. The molecule has 0 aromatic heterocycles. The minimum atomic E-state index is -4.90. The number of hydrogen-bond acceptors (Lipinski definition) is 6. The van der Waals surface area contributed by atoms with E-state index in [1.807, 2.05) is 0 Å². The van der Waals surface area contributed by atoms with Crippen LogP contribution in [0.25, 0.3) is 0 Å². The fourth-order valence-corrected chi connectivity index (χ4v) is 2.45. The first-order valence-corrected chi connectivity index (χ1v) is 5.98. The van der Waals surface area contributed by atoms with E-state index in [1.165, 1.54) is 6.92 Å². The van der Waals surface area contributed by atoms with Gasteiger partial charge in [0.2, 0.25) is 0 Å². The molecule has 0 aromatic carbocycles. The molecule has 0 fully saturated rings. The molecule has 0 saturated heterocycles. The number of aliphatic hydroxyl groups excluding tert-OH is 2. The summed E-state index contributed by atoms with van der Waals surface area (Å²) in [5, 5.41) is 16.6. The maximum absolute atomic E-state index is 10.3. The Bertz CT molecular complexity index is 178. The molecule has 9 heteroatoms. The van der Waals surface area contributed by atoms with Crippen molar-refractivity contribution in [2.75, 3.05) is 12.4 Å². The van der Waals surface area contributed by atoms with E-state index in [0.29, 0.717) is 5.75 Å². The van der Waals surface area contributed by atoms with E-state index >= 15 is 0 Å². The maximum Gasteiger partial charge on any atom is 1.00 e. The topological polar surface area (TPSA) is 104 Å². The Balaban J connectivity index is -0.000000605. The Morgan fingerprint density at radius 1 is 1.43 bits per heavy atom. The summed E-state index contributed by atoms with van der Waals surface area (Å²) in [7, 11) is -4.90. The van der Waals surface area contributed by atoms with Crippen molar-refractivity contribution < 1.29 is 83.7 Å². The molecule has 14 heavy (non-hydrogen) atoms. The Labute approximate surface area is 132 Å². The minimum absolute atomic E-state index is 0. The molecule has 2 unspecified atom stereocenters. The fraction of sp³-hybridized carbons (Fsp3) is 1.00. The van der Waals surface area contributed by atoms with Gasteiger partial charge in [-0.2, -0.15) is 11.8 Å². The molecule has 0 aliphatic heterocycles. The third kappa shape index (κ3) is 9.63. The molecular formula is C5H11Na2O5PS. The number of aliphatic hydroxyl groups is 2. The average molecular weight is 260 g/mol. The molecule has 74 valence electrons. The van der Waals surface area contributed by atoms with Crippen LogP contribution >= 0.6 is 19.4 Å². The van der Waals surface area contributed by atoms with E-state index < -0.39 is 18.7 Å². The molecule has 0 heterocycles. The van der Waals surface area contributed by atoms with Crippen LogP contribution in [0.1, 0.15) is 6.92 Å². The van der Waals surface area contributed by atoms with Gasteiger partial charge in [-0.25, -0.2) is 0 Å². The molecular weight excluding hydrogens is 249 g/mol. The van der Waals surface area contributed by atoms with Gasteiger partial charge in [0, 0.05) is 11.0 Å². The van der Waals surface area contributed by atoms with Gasteiger partial charge in [0.15, 0.2) is 0 Å². The van der Waals surface area contributed by atoms with Crippen LogP contribution in [0, 0.1) is 0 Å². The van der Waals surface area contributed by atoms with Crippen molar-refractivity contribution in [1.82, 2.24) is 0 Å².